The molecule has 1 aliphatic heterocycles. The van der Waals surface area contributed by atoms with Gasteiger partial charge < -0.3 is 10.8 Å². The van der Waals surface area contributed by atoms with Crippen molar-refractivity contribution in [2.45, 2.75) is 25.8 Å². The molecule has 1 fully saturated rings. The van der Waals surface area contributed by atoms with Crippen LogP contribution in [0, 0.1) is 5.92 Å². The molecule has 1 atom stereocenters. The average Bonchev–Trinajstić information content (AvgIpc) is 2.36. The molecule has 1 heterocycles. The molecule has 19 heavy (non-hydrogen) atoms. The summed E-state index contributed by atoms with van der Waals surface area (Å²) < 4.78 is 0. The Morgan fingerprint density at radius 2 is 2.16 bits per heavy atom. The molecular weight excluding hydrogens is 283 g/mol. The van der Waals surface area contributed by atoms with Crippen LogP contribution in [-0.4, -0.2) is 29.6 Å². The molecule has 0 saturated carbocycles. The number of benzene rings is 1. The predicted molar refractivity (Wildman–Crippen MR) is 79.8 cm³/mol. The highest BCUT2D eigenvalue weighted by atomic mass is 35.5. The molecule has 1 aromatic carbocycles. The minimum absolute atomic E-state index is 0.145. The number of phenolic OH excluding ortho intramolecular Hbond substituents is 1. The number of likely N-dealkylation sites (tertiary alicyclic amines) is 1. The smallest absolute Gasteiger partial charge is 0.138 e. The molecule has 1 unspecified atom stereocenters. The Morgan fingerprint density at radius 1 is 1.37 bits per heavy atom. The van der Waals surface area contributed by atoms with E-state index in [1.807, 2.05) is 0 Å². The van der Waals surface area contributed by atoms with Gasteiger partial charge in [0.2, 0.25) is 0 Å². The molecule has 1 saturated heterocycles. The molecule has 1 aromatic rings. The fraction of sp³-hybridized carbons (Fsp3) is 0.571. The zero-order valence-electron chi connectivity index (χ0n) is 10.9. The van der Waals surface area contributed by atoms with Gasteiger partial charge in [0.15, 0.2) is 0 Å². The molecular formula is C14H20Cl2N2O. The van der Waals surface area contributed by atoms with Crippen LogP contribution in [0.2, 0.25) is 10.0 Å². The first-order valence-electron chi connectivity index (χ1n) is 6.69. The van der Waals surface area contributed by atoms with Gasteiger partial charge in [0.25, 0.3) is 0 Å². The van der Waals surface area contributed by atoms with E-state index in [2.05, 4.69) is 4.90 Å². The van der Waals surface area contributed by atoms with Crippen molar-refractivity contribution in [1.29, 1.82) is 0 Å². The van der Waals surface area contributed by atoms with Crippen LogP contribution in [0.3, 0.4) is 0 Å². The molecule has 3 nitrogen and oxygen atoms in total. The van der Waals surface area contributed by atoms with E-state index < -0.39 is 0 Å². The minimum atomic E-state index is 0.145. The van der Waals surface area contributed by atoms with Gasteiger partial charge in [0, 0.05) is 23.7 Å². The maximum Gasteiger partial charge on any atom is 0.138 e. The normalized spacial score (nSPS) is 20.7. The van der Waals surface area contributed by atoms with Crippen LogP contribution >= 0.6 is 23.2 Å². The van der Waals surface area contributed by atoms with E-state index in [0.29, 0.717) is 22.5 Å². The topological polar surface area (TPSA) is 49.5 Å². The van der Waals surface area contributed by atoms with Gasteiger partial charge in [-0.15, -0.1) is 0 Å². The molecule has 3 N–H and O–H groups in total. The van der Waals surface area contributed by atoms with Crippen molar-refractivity contribution in [2.75, 3.05) is 19.6 Å². The highest BCUT2D eigenvalue weighted by molar-refractivity contribution is 6.35. The molecule has 0 bridgehead atoms. The summed E-state index contributed by atoms with van der Waals surface area (Å²) in [5.74, 6) is 0.808. The van der Waals surface area contributed by atoms with Crippen molar-refractivity contribution < 1.29 is 5.11 Å². The number of halogens is 2. The Morgan fingerprint density at radius 3 is 2.89 bits per heavy atom. The van der Waals surface area contributed by atoms with Crippen molar-refractivity contribution in [3.63, 3.8) is 0 Å². The summed E-state index contributed by atoms with van der Waals surface area (Å²) in [5.41, 5.74) is 6.42. The minimum Gasteiger partial charge on any atom is -0.506 e. The summed E-state index contributed by atoms with van der Waals surface area (Å²) in [6.45, 7) is 3.51. The lowest BCUT2D eigenvalue weighted by molar-refractivity contribution is 0.162. The summed E-state index contributed by atoms with van der Waals surface area (Å²) in [6, 6.07) is 3.35. The third kappa shape index (κ3) is 3.99. The van der Waals surface area contributed by atoms with Gasteiger partial charge in [-0.2, -0.15) is 0 Å². The van der Waals surface area contributed by atoms with Gasteiger partial charge in [-0.1, -0.05) is 23.2 Å². The first kappa shape index (κ1) is 14.9. The fourth-order valence-corrected chi connectivity index (χ4v) is 3.28. The van der Waals surface area contributed by atoms with Gasteiger partial charge >= 0.3 is 0 Å². The lowest BCUT2D eigenvalue weighted by atomic mass is 9.94. The van der Waals surface area contributed by atoms with Crippen LogP contribution in [0.5, 0.6) is 5.75 Å². The number of phenols is 1. The number of hydrogen-bond acceptors (Lipinski definition) is 3. The Bertz CT molecular complexity index is 438. The number of hydrogen-bond donors (Lipinski definition) is 2. The molecule has 0 amide bonds. The third-order valence-corrected chi connectivity index (χ3v) is 4.19. The van der Waals surface area contributed by atoms with E-state index in [1.165, 1.54) is 12.8 Å². The van der Waals surface area contributed by atoms with E-state index >= 15 is 0 Å². The maximum absolute atomic E-state index is 9.98. The second-order valence-corrected chi connectivity index (χ2v) is 6.06. The lowest BCUT2D eigenvalue weighted by Gasteiger charge is -2.32. The standard InChI is InChI=1S/C14H20Cl2N2O/c15-12-6-11(14(19)13(16)7-12)9-18-5-1-2-10(8-18)3-4-17/h6-7,10,19H,1-5,8-9,17H2. The monoisotopic (exact) mass is 302 g/mol. The summed E-state index contributed by atoms with van der Waals surface area (Å²) in [7, 11) is 0. The van der Waals surface area contributed by atoms with E-state index in [4.69, 9.17) is 28.9 Å². The van der Waals surface area contributed by atoms with Crippen molar-refractivity contribution >= 4 is 23.2 Å². The van der Waals surface area contributed by atoms with Crippen molar-refractivity contribution in [2.24, 2.45) is 11.7 Å². The Hall–Kier alpha value is -0.480. The van der Waals surface area contributed by atoms with Gasteiger partial charge in [0.05, 0.1) is 5.02 Å². The average molecular weight is 303 g/mol. The third-order valence-electron chi connectivity index (χ3n) is 3.68. The Kier molecular flexibility index (Phi) is 5.34. The van der Waals surface area contributed by atoms with Crippen LogP contribution in [0.1, 0.15) is 24.8 Å². The van der Waals surface area contributed by atoms with Crippen molar-refractivity contribution in [1.82, 2.24) is 4.90 Å². The maximum atomic E-state index is 9.98. The highest BCUT2D eigenvalue weighted by Crippen LogP contribution is 2.32. The second-order valence-electron chi connectivity index (χ2n) is 5.22. The molecule has 0 aliphatic carbocycles. The Labute approximate surface area is 124 Å². The zero-order valence-corrected chi connectivity index (χ0v) is 12.4. The van der Waals surface area contributed by atoms with Crippen LogP contribution < -0.4 is 5.73 Å². The summed E-state index contributed by atoms with van der Waals surface area (Å²) in [6.07, 6.45) is 3.49. The van der Waals surface area contributed by atoms with E-state index in [9.17, 15) is 5.11 Å². The first-order chi connectivity index (χ1) is 9.10. The van der Waals surface area contributed by atoms with E-state index in [-0.39, 0.29) is 5.75 Å². The Balaban J connectivity index is 2.04. The largest absolute Gasteiger partial charge is 0.506 e. The van der Waals surface area contributed by atoms with Crippen molar-refractivity contribution in [3.05, 3.63) is 27.7 Å². The summed E-state index contributed by atoms with van der Waals surface area (Å²) >= 11 is 11.9. The van der Waals surface area contributed by atoms with Gasteiger partial charge in [-0.25, -0.2) is 0 Å². The summed E-state index contributed by atoms with van der Waals surface area (Å²) in [5, 5.41) is 10.9. The number of aromatic hydroxyl groups is 1. The van der Waals surface area contributed by atoms with E-state index in [1.54, 1.807) is 12.1 Å². The molecule has 0 radical (unpaired) electrons. The quantitative estimate of drug-likeness (QED) is 0.897. The molecule has 1 aliphatic rings. The number of piperidine rings is 1. The number of nitrogens with zero attached hydrogens (tertiary/aromatic N) is 1. The van der Waals surface area contributed by atoms with Gasteiger partial charge in [-0.05, 0) is 50.4 Å². The van der Waals surface area contributed by atoms with Crippen LogP contribution in [0.15, 0.2) is 12.1 Å². The molecule has 0 spiro atoms. The lowest BCUT2D eigenvalue weighted by Crippen LogP contribution is -2.35. The molecule has 0 aromatic heterocycles. The molecule has 106 valence electrons. The number of rotatable bonds is 4. The van der Waals surface area contributed by atoms with Crippen LogP contribution in [0.25, 0.3) is 0 Å². The molecule has 5 heteroatoms. The number of nitrogens with two attached hydrogens (primary N) is 1. The van der Waals surface area contributed by atoms with Gasteiger partial charge in [-0.3, -0.25) is 4.90 Å². The predicted octanol–water partition coefficient (Wildman–Crippen LogP) is 3.26. The zero-order chi connectivity index (χ0) is 13.8. The van der Waals surface area contributed by atoms with Crippen LogP contribution in [0.4, 0.5) is 0 Å². The highest BCUT2D eigenvalue weighted by Gasteiger charge is 2.20. The molecule has 2 rings (SSSR count). The van der Waals surface area contributed by atoms with Crippen LogP contribution in [-0.2, 0) is 6.54 Å². The second kappa shape index (κ2) is 6.80. The van der Waals surface area contributed by atoms with Crippen molar-refractivity contribution in [3.8, 4) is 5.75 Å². The van der Waals surface area contributed by atoms with Gasteiger partial charge in [0.1, 0.15) is 5.75 Å². The summed E-state index contributed by atoms with van der Waals surface area (Å²) in [4.78, 5) is 2.34. The SMILES string of the molecule is NCCC1CCCN(Cc2cc(Cl)cc(Cl)c2O)C1. The fourth-order valence-electron chi connectivity index (χ4n) is 2.75. The first-order valence-corrected chi connectivity index (χ1v) is 7.45. The van der Waals surface area contributed by atoms with E-state index in [0.717, 1.165) is 31.6 Å².